The fourth-order valence-electron chi connectivity index (χ4n) is 1.97. The topological polar surface area (TPSA) is 74.2 Å². The number of nitrogens with two attached hydrogens (primary N) is 1. The zero-order chi connectivity index (χ0) is 12.6. The van der Waals surface area contributed by atoms with E-state index >= 15 is 0 Å². The van der Waals surface area contributed by atoms with Crippen LogP contribution in [0.2, 0.25) is 0 Å². The Hall–Kier alpha value is -1.88. The maximum absolute atomic E-state index is 5.75. The third-order valence-corrected chi connectivity index (χ3v) is 3.45. The van der Waals surface area contributed by atoms with Crippen LogP contribution < -0.4 is 10.5 Å². The van der Waals surface area contributed by atoms with Crippen LogP contribution in [0.5, 0.6) is 5.75 Å². The minimum atomic E-state index is -0.0654. The van der Waals surface area contributed by atoms with Gasteiger partial charge in [-0.05, 0) is 25.0 Å². The van der Waals surface area contributed by atoms with Gasteiger partial charge in [-0.3, -0.25) is 0 Å². The first kappa shape index (κ1) is 11.2. The van der Waals surface area contributed by atoms with Crippen molar-refractivity contribution in [3.8, 4) is 17.1 Å². The molecule has 2 N–H and O–H groups in total. The van der Waals surface area contributed by atoms with Crippen molar-refractivity contribution in [3.63, 3.8) is 0 Å². The first-order valence-electron chi connectivity index (χ1n) is 5.96. The first-order valence-corrected chi connectivity index (χ1v) is 5.96. The number of hydrogen-bond donors (Lipinski definition) is 1. The third-order valence-electron chi connectivity index (χ3n) is 3.45. The van der Waals surface area contributed by atoms with Crippen LogP contribution in [-0.4, -0.2) is 23.8 Å². The lowest BCUT2D eigenvalue weighted by Gasteiger charge is -2.03. The molecule has 1 aromatic carbocycles. The number of aromatic nitrogens is 2. The van der Waals surface area contributed by atoms with Gasteiger partial charge in [-0.2, -0.15) is 4.98 Å². The molecule has 0 amide bonds. The predicted molar refractivity (Wildman–Crippen MR) is 66.3 cm³/mol. The molecule has 0 atom stereocenters. The molecule has 18 heavy (non-hydrogen) atoms. The highest BCUT2D eigenvalue weighted by Crippen LogP contribution is 2.46. The molecular formula is C13H15N3O2. The van der Waals surface area contributed by atoms with Crippen molar-refractivity contribution in [3.05, 3.63) is 30.2 Å². The Bertz CT molecular complexity index is 561. The summed E-state index contributed by atoms with van der Waals surface area (Å²) in [4.78, 5) is 4.45. The van der Waals surface area contributed by atoms with Crippen LogP contribution in [0.1, 0.15) is 18.7 Å². The second-order valence-electron chi connectivity index (χ2n) is 4.64. The van der Waals surface area contributed by atoms with Gasteiger partial charge in [0.15, 0.2) is 0 Å². The van der Waals surface area contributed by atoms with E-state index in [0.29, 0.717) is 18.3 Å². The van der Waals surface area contributed by atoms with Gasteiger partial charge in [-0.15, -0.1) is 0 Å². The Morgan fingerprint density at radius 2 is 2.28 bits per heavy atom. The Morgan fingerprint density at radius 3 is 2.94 bits per heavy atom. The SMILES string of the molecule is COc1cccc(-c2noc(C3(CN)CC3)n2)c1. The van der Waals surface area contributed by atoms with E-state index in [2.05, 4.69) is 10.1 Å². The zero-order valence-electron chi connectivity index (χ0n) is 10.2. The van der Waals surface area contributed by atoms with Crippen LogP contribution in [0.4, 0.5) is 0 Å². The fraction of sp³-hybridized carbons (Fsp3) is 0.385. The molecule has 2 aromatic rings. The van der Waals surface area contributed by atoms with E-state index < -0.39 is 0 Å². The van der Waals surface area contributed by atoms with Crippen LogP contribution in [0.25, 0.3) is 11.4 Å². The quantitative estimate of drug-likeness (QED) is 0.888. The number of methoxy groups -OCH3 is 1. The van der Waals surface area contributed by atoms with Gasteiger partial charge in [0.2, 0.25) is 11.7 Å². The predicted octanol–water partition coefficient (Wildman–Crippen LogP) is 1.74. The normalized spacial score (nSPS) is 16.6. The van der Waals surface area contributed by atoms with E-state index in [0.717, 1.165) is 24.2 Å². The van der Waals surface area contributed by atoms with Crippen LogP contribution >= 0.6 is 0 Å². The van der Waals surface area contributed by atoms with Crippen LogP contribution in [0, 0.1) is 0 Å². The van der Waals surface area contributed by atoms with Crippen molar-refractivity contribution >= 4 is 0 Å². The van der Waals surface area contributed by atoms with E-state index in [1.807, 2.05) is 24.3 Å². The molecule has 5 heteroatoms. The van der Waals surface area contributed by atoms with Gasteiger partial charge >= 0.3 is 0 Å². The van der Waals surface area contributed by atoms with Gasteiger partial charge in [0.25, 0.3) is 0 Å². The highest BCUT2D eigenvalue weighted by molar-refractivity contribution is 5.57. The van der Waals surface area contributed by atoms with Gasteiger partial charge < -0.3 is 15.0 Å². The van der Waals surface area contributed by atoms with Crippen LogP contribution in [-0.2, 0) is 5.41 Å². The standard InChI is InChI=1S/C13H15N3O2/c1-17-10-4-2-3-9(7-10)11-15-12(18-16-11)13(8-14)5-6-13/h2-4,7H,5-6,8,14H2,1H3. The van der Waals surface area contributed by atoms with Crippen molar-refractivity contribution in [1.82, 2.24) is 10.1 Å². The molecule has 0 radical (unpaired) electrons. The summed E-state index contributed by atoms with van der Waals surface area (Å²) in [6, 6.07) is 7.60. The molecule has 94 valence electrons. The minimum Gasteiger partial charge on any atom is -0.497 e. The van der Waals surface area contributed by atoms with Crippen molar-refractivity contribution in [2.45, 2.75) is 18.3 Å². The Balaban J connectivity index is 1.93. The number of rotatable bonds is 4. The zero-order valence-corrected chi connectivity index (χ0v) is 10.2. The molecule has 0 aliphatic heterocycles. The van der Waals surface area contributed by atoms with E-state index in [4.69, 9.17) is 15.0 Å². The molecule has 3 rings (SSSR count). The van der Waals surface area contributed by atoms with Crippen molar-refractivity contribution in [1.29, 1.82) is 0 Å². The Morgan fingerprint density at radius 1 is 1.44 bits per heavy atom. The molecule has 1 fully saturated rings. The summed E-state index contributed by atoms with van der Waals surface area (Å²) in [5, 5.41) is 4.02. The van der Waals surface area contributed by atoms with Crippen molar-refractivity contribution in [2.75, 3.05) is 13.7 Å². The molecule has 5 nitrogen and oxygen atoms in total. The molecule has 1 aromatic heterocycles. The summed E-state index contributed by atoms with van der Waals surface area (Å²) < 4.78 is 10.5. The van der Waals surface area contributed by atoms with Crippen LogP contribution in [0.3, 0.4) is 0 Å². The lowest BCUT2D eigenvalue weighted by atomic mass is 10.1. The minimum absolute atomic E-state index is 0.0654. The highest BCUT2D eigenvalue weighted by atomic mass is 16.5. The second kappa shape index (κ2) is 4.10. The maximum Gasteiger partial charge on any atom is 0.234 e. The van der Waals surface area contributed by atoms with Crippen molar-refractivity contribution in [2.24, 2.45) is 5.73 Å². The second-order valence-corrected chi connectivity index (χ2v) is 4.64. The molecule has 1 heterocycles. The Labute approximate surface area is 105 Å². The average molecular weight is 245 g/mol. The lowest BCUT2D eigenvalue weighted by Crippen LogP contribution is -2.19. The highest BCUT2D eigenvalue weighted by Gasteiger charge is 2.48. The molecule has 0 bridgehead atoms. The molecule has 0 saturated heterocycles. The molecule has 0 unspecified atom stereocenters. The summed E-state index contributed by atoms with van der Waals surface area (Å²) in [5.41, 5.74) is 6.57. The molecule has 1 saturated carbocycles. The summed E-state index contributed by atoms with van der Waals surface area (Å²) in [6.45, 7) is 0.562. The first-order chi connectivity index (χ1) is 8.77. The molecule has 0 spiro atoms. The summed E-state index contributed by atoms with van der Waals surface area (Å²) in [5.74, 6) is 2.02. The smallest absolute Gasteiger partial charge is 0.234 e. The van der Waals surface area contributed by atoms with Gasteiger partial charge in [0.05, 0.1) is 12.5 Å². The van der Waals surface area contributed by atoms with Gasteiger partial charge in [-0.25, -0.2) is 0 Å². The van der Waals surface area contributed by atoms with Crippen molar-refractivity contribution < 1.29 is 9.26 Å². The number of nitrogens with zero attached hydrogens (tertiary/aromatic N) is 2. The van der Waals surface area contributed by atoms with E-state index in [1.165, 1.54) is 0 Å². The Kier molecular flexibility index (Phi) is 2.56. The molecule has 1 aliphatic carbocycles. The summed E-state index contributed by atoms with van der Waals surface area (Å²) in [6.07, 6.45) is 2.06. The molecule has 1 aliphatic rings. The number of benzene rings is 1. The lowest BCUT2D eigenvalue weighted by molar-refractivity contribution is 0.347. The summed E-state index contributed by atoms with van der Waals surface area (Å²) >= 11 is 0. The van der Waals surface area contributed by atoms with E-state index in [-0.39, 0.29) is 5.41 Å². The number of ether oxygens (including phenoxy) is 1. The van der Waals surface area contributed by atoms with Crippen LogP contribution in [0.15, 0.2) is 28.8 Å². The monoisotopic (exact) mass is 245 g/mol. The fourth-order valence-corrected chi connectivity index (χ4v) is 1.97. The maximum atomic E-state index is 5.75. The van der Waals surface area contributed by atoms with E-state index in [1.54, 1.807) is 7.11 Å². The number of hydrogen-bond acceptors (Lipinski definition) is 5. The third kappa shape index (κ3) is 1.76. The molecular weight excluding hydrogens is 230 g/mol. The summed E-state index contributed by atoms with van der Waals surface area (Å²) in [7, 11) is 1.63. The van der Waals surface area contributed by atoms with E-state index in [9.17, 15) is 0 Å². The largest absolute Gasteiger partial charge is 0.497 e. The average Bonchev–Trinajstić information content (AvgIpc) is 3.08. The van der Waals surface area contributed by atoms with Gasteiger partial charge in [-0.1, -0.05) is 17.3 Å². The van der Waals surface area contributed by atoms with Gasteiger partial charge in [0.1, 0.15) is 5.75 Å². The van der Waals surface area contributed by atoms with Gasteiger partial charge in [0, 0.05) is 12.1 Å².